The number of nitrogens with zero attached hydrogens (tertiary/aromatic N) is 4. The maximum absolute atomic E-state index is 5.71. The van der Waals surface area contributed by atoms with Gasteiger partial charge in [0, 0.05) is 5.56 Å². The van der Waals surface area contributed by atoms with E-state index >= 15 is 0 Å². The Balaban J connectivity index is 1.38. The van der Waals surface area contributed by atoms with Gasteiger partial charge < -0.3 is 14.5 Å². The zero-order chi connectivity index (χ0) is 18.5. The van der Waals surface area contributed by atoms with Crippen molar-refractivity contribution in [3.8, 4) is 17.2 Å². The number of hydrogen-bond acceptors (Lipinski definition) is 9. The average Bonchev–Trinajstić information content (AvgIpc) is 3.37. The van der Waals surface area contributed by atoms with Crippen LogP contribution in [0.15, 0.2) is 63.4 Å². The molecular formula is C18H15N5O2S2. The largest absolute Gasteiger partial charge is 0.495 e. The third-order valence-corrected chi connectivity index (χ3v) is 5.52. The number of hydrogen-bond donors (Lipinski definition) is 1. The topological polar surface area (TPSA) is 86.0 Å². The Bertz CT molecular complexity index is 1020. The molecule has 1 N–H and O–H groups in total. The van der Waals surface area contributed by atoms with Gasteiger partial charge in [0.15, 0.2) is 4.34 Å². The van der Waals surface area contributed by atoms with Gasteiger partial charge in [-0.2, -0.15) is 0 Å². The highest BCUT2D eigenvalue weighted by molar-refractivity contribution is 8.00. The van der Waals surface area contributed by atoms with Gasteiger partial charge in [-0.3, -0.25) is 0 Å². The van der Waals surface area contributed by atoms with Crippen molar-refractivity contribution >= 4 is 33.9 Å². The molecule has 0 amide bonds. The number of aromatic nitrogens is 4. The zero-order valence-electron chi connectivity index (χ0n) is 14.3. The van der Waals surface area contributed by atoms with Crippen molar-refractivity contribution in [3.05, 3.63) is 60.5 Å². The quantitative estimate of drug-likeness (QED) is 0.452. The van der Waals surface area contributed by atoms with Crippen molar-refractivity contribution in [3.63, 3.8) is 0 Å². The number of ether oxygens (including phenoxy) is 1. The highest BCUT2D eigenvalue weighted by Gasteiger charge is 2.12. The molecular weight excluding hydrogens is 382 g/mol. The minimum atomic E-state index is 0.516. The number of rotatable bonds is 7. The lowest BCUT2D eigenvalue weighted by molar-refractivity contribution is 0.417. The van der Waals surface area contributed by atoms with Crippen LogP contribution in [0.4, 0.5) is 10.8 Å². The molecule has 7 nitrogen and oxygen atoms in total. The fourth-order valence-corrected chi connectivity index (χ4v) is 3.92. The van der Waals surface area contributed by atoms with E-state index in [9.17, 15) is 0 Å². The smallest absolute Gasteiger partial charge is 0.247 e. The predicted octanol–water partition coefficient (Wildman–Crippen LogP) is 4.63. The molecule has 0 saturated carbocycles. The van der Waals surface area contributed by atoms with Gasteiger partial charge in [-0.25, -0.2) is 0 Å². The van der Waals surface area contributed by atoms with E-state index in [4.69, 9.17) is 9.15 Å². The van der Waals surface area contributed by atoms with Crippen molar-refractivity contribution in [1.82, 2.24) is 20.4 Å². The molecule has 4 rings (SSSR count). The highest BCUT2D eigenvalue weighted by atomic mass is 32.2. The monoisotopic (exact) mass is 397 g/mol. The third kappa shape index (κ3) is 4.26. The van der Waals surface area contributed by atoms with Crippen LogP contribution >= 0.6 is 23.1 Å². The summed E-state index contributed by atoms with van der Waals surface area (Å²) in [6.07, 6.45) is 0. The maximum atomic E-state index is 5.71. The van der Waals surface area contributed by atoms with Crippen molar-refractivity contribution < 1.29 is 9.15 Å². The molecule has 0 atom stereocenters. The zero-order valence-corrected chi connectivity index (χ0v) is 16.0. The van der Waals surface area contributed by atoms with Crippen LogP contribution < -0.4 is 10.1 Å². The average molecular weight is 397 g/mol. The Hall–Kier alpha value is -2.91. The van der Waals surface area contributed by atoms with E-state index < -0.39 is 0 Å². The molecule has 0 fully saturated rings. The number of methoxy groups -OCH3 is 1. The predicted molar refractivity (Wildman–Crippen MR) is 105 cm³/mol. The molecule has 0 aliphatic heterocycles. The summed E-state index contributed by atoms with van der Waals surface area (Å²) in [5, 5.41) is 20.4. The second kappa shape index (κ2) is 8.19. The lowest BCUT2D eigenvalue weighted by Crippen LogP contribution is -1.93. The summed E-state index contributed by atoms with van der Waals surface area (Å²) in [4.78, 5) is 0. The first-order valence-electron chi connectivity index (χ1n) is 8.06. The van der Waals surface area contributed by atoms with E-state index in [2.05, 4.69) is 25.7 Å². The normalized spacial score (nSPS) is 10.7. The standard InChI is InChI=1S/C18H15N5O2S2/c1-24-14-10-6-5-9-13(14)19-17-22-23-18(27-17)26-11-15-20-21-16(25-15)12-7-3-2-4-8-12/h2-10H,11H2,1H3,(H,19,22). The Labute approximate surface area is 163 Å². The number of thioether (sulfide) groups is 1. The Morgan fingerprint density at radius 3 is 2.67 bits per heavy atom. The summed E-state index contributed by atoms with van der Waals surface area (Å²) in [6, 6.07) is 17.4. The molecule has 2 aromatic carbocycles. The minimum absolute atomic E-state index is 0.516. The van der Waals surface area contributed by atoms with Gasteiger partial charge in [0.25, 0.3) is 0 Å². The van der Waals surface area contributed by atoms with Crippen LogP contribution in [-0.4, -0.2) is 27.5 Å². The molecule has 2 aromatic heterocycles. The van der Waals surface area contributed by atoms with E-state index in [1.54, 1.807) is 7.11 Å². The van der Waals surface area contributed by atoms with E-state index in [0.29, 0.717) is 22.7 Å². The maximum Gasteiger partial charge on any atom is 0.247 e. The fraction of sp³-hybridized carbons (Fsp3) is 0.111. The van der Waals surface area contributed by atoms with Crippen molar-refractivity contribution in [1.29, 1.82) is 0 Å². The summed E-state index contributed by atoms with van der Waals surface area (Å²) in [7, 11) is 1.63. The summed E-state index contributed by atoms with van der Waals surface area (Å²) in [6.45, 7) is 0. The SMILES string of the molecule is COc1ccccc1Nc1nnc(SCc2nnc(-c3ccccc3)o2)s1. The summed E-state index contributed by atoms with van der Waals surface area (Å²) in [5.41, 5.74) is 1.75. The Morgan fingerprint density at radius 1 is 1.00 bits per heavy atom. The van der Waals surface area contributed by atoms with Crippen molar-refractivity contribution in [2.75, 3.05) is 12.4 Å². The molecule has 9 heteroatoms. The van der Waals surface area contributed by atoms with Gasteiger partial charge in [-0.05, 0) is 24.3 Å². The lowest BCUT2D eigenvalue weighted by atomic mass is 10.2. The molecule has 2 heterocycles. The van der Waals surface area contributed by atoms with Gasteiger partial charge in [0.05, 0.1) is 18.6 Å². The van der Waals surface area contributed by atoms with Crippen LogP contribution in [0.3, 0.4) is 0 Å². The number of benzene rings is 2. The molecule has 0 radical (unpaired) electrons. The van der Waals surface area contributed by atoms with Crippen molar-refractivity contribution in [2.24, 2.45) is 0 Å². The molecule has 0 unspecified atom stereocenters. The number of anilines is 2. The van der Waals surface area contributed by atoms with Crippen LogP contribution in [0.2, 0.25) is 0 Å². The first-order valence-corrected chi connectivity index (χ1v) is 9.86. The van der Waals surface area contributed by atoms with E-state index in [0.717, 1.165) is 21.3 Å². The molecule has 4 aromatic rings. The first kappa shape index (κ1) is 17.5. The molecule has 136 valence electrons. The Morgan fingerprint density at radius 2 is 1.81 bits per heavy atom. The molecule has 0 saturated heterocycles. The molecule has 0 bridgehead atoms. The van der Waals surface area contributed by atoms with Crippen LogP contribution in [0, 0.1) is 0 Å². The van der Waals surface area contributed by atoms with Gasteiger partial charge in [0.1, 0.15) is 5.75 Å². The molecule has 0 aliphatic carbocycles. The van der Waals surface area contributed by atoms with Crippen LogP contribution in [0.5, 0.6) is 5.75 Å². The van der Waals surface area contributed by atoms with Crippen LogP contribution in [0.25, 0.3) is 11.5 Å². The minimum Gasteiger partial charge on any atom is -0.495 e. The van der Waals surface area contributed by atoms with Crippen LogP contribution in [0.1, 0.15) is 5.89 Å². The molecule has 0 spiro atoms. The highest BCUT2D eigenvalue weighted by Crippen LogP contribution is 2.32. The van der Waals surface area contributed by atoms with E-state index in [1.807, 2.05) is 54.6 Å². The van der Waals surface area contributed by atoms with E-state index in [1.165, 1.54) is 23.1 Å². The van der Waals surface area contributed by atoms with Crippen LogP contribution in [-0.2, 0) is 5.75 Å². The van der Waals surface area contributed by atoms with Crippen molar-refractivity contribution in [2.45, 2.75) is 10.1 Å². The Kier molecular flexibility index (Phi) is 5.31. The van der Waals surface area contributed by atoms with Gasteiger partial charge in [0.2, 0.25) is 16.9 Å². The second-order valence-electron chi connectivity index (χ2n) is 5.35. The number of nitrogens with one attached hydrogen (secondary N) is 1. The lowest BCUT2D eigenvalue weighted by Gasteiger charge is -2.07. The number of para-hydroxylation sites is 2. The summed E-state index contributed by atoms with van der Waals surface area (Å²) >= 11 is 2.95. The summed E-state index contributed by atoms with van der Waals surface area (Å²) in [5.74, 6) is 2.35. The third-order valence-electron chi connectivity index (χ3n) is 3.56. The molecule has 0 aliphatic rings. The fourth-order valence-electron chi connectivity index (χ4n) is 2.31. The van der Waals surface area contributed by atoms with Gasteiger partial charge >= 0.3 is 0 Å². The van der Waals surface area contributed by atoms with Gasteiger partial charge in [-0.1, -0.05) is 53.4 Å². The molecule has 27 heavy (non-hydrogen) atoms. The van der Waals surface area contributed by atoms with E-state index in [-0.39, 0.29) is 0 Å². The first-order chi connectivity index (χ1) is 13.3. The van der Waals surface area contributed by atoms with Gasteiger partial charge in [-0.15, -0.1) is 20.4 Å². The summed E-state index contributed by atoms with van der Waals surface area (Å²) < 4.78 is 11.8. The second-order valence-corrected chi connectivity index (χ2v) is 7.55.